The molecule has 0 aliphatic carbocycles. The minimum Gasteiger partial charge on any atom is -0.534 e. The van der Waals surface area contributed by atoms with Crippen LogP contribution in [0.2, 0.25) is 5.04 Å². The Morgan fingerprint density at radius 2 is 1.37 bits per heavy atom. The van der Waals surface area contributed by atoms with Gasteiger partial charge in [-0.3, -0.25) is 0 Å². The van der Waals surface area contributed by atoms with Gasteiger partial charge in [-0.25, -0.2) is 4.79 Å². The molecule has 0 N–H and O–H groups in total. The zero-order chi connectivity index (χ0) is 19.3. The van der Waals surface area contributed by atoms with Crippen LogP contribution < -0.4 is 14.8 Å². The third-order valence-corrected chi connectivity index (χ3v) is 9.63. The van der Waals surface area contributed by atoms with Crippen molar-refractivity contribution in [3.05, 3.63) is 84.9 Å². The van der Waals surface area contributed by atoms with Gasteiger partial charge in [-0.2, -0.15) is 4.99 Å². The fourth-order valence-corrected chi connectivity index (χ4v) is 7.91. The summed E-state index contributed by atoms with van der Waals surface area (Å²) in [6.45, 7) is 6.69. The van der Waals surface area contributed by atoms with E-state index in [1.807, 2.05) is 24.3 Å². The minimum atomic E-state index is -2.68. The molecule has 0 fully saturated rings. The van der Waals surface area contributed by atoms with E-state index in [-0.39, 0.29) is 5.04 Å². The molecule has 0 bridgehead atoms. The van der Waals surface area contributed by atoms with E-state index in [1.54, 1.807) is 18.2 Å². The number of isocyanates is 1. The van der Waals surface area contributed by atoms with Gasteiger partial charge in [-0.1, -0.05) is 87.5 Å². The van der Waals surface area contributed by atoms with E-state index in [1.165, 1.54) is 10.4 Å². The Hall–Kier alpha value is -2.94. The Balaban J connectivity index is 2.24. The molecule has 4 heteroatoms. The van der Waals surface area contributed by atoms with Crippen molar-refractivity contribution < 1.29 is 9.22 Å². The summed E-state index contributed by atoms with van der Waals surface area (Å²) in [4.78, 5) is 14.4. The molecular formula is C23H23NO2Si. The molecular weight excluding hydrogens is 350 g/mol. The van der Waals surface area contributed by atoms with Crippen molar-refractivity contribution in [1.29, 1.82) is 0 Å². The zero-order valence-corrected chi connectivity index (χ0v) is 16.8. The topological polar surface area (TPSA) is 38.7 Å². The molecule has 0 amide bonds. The molecule has 0 unspecified atom stereocenters. The van der Waals surface area contributed by atoms with Gasteiger partial charge in [0.2, 0.25) is 6.08 Å². The lowest BCUT2D eigenvalue weighted by molar-refractivity contribution is 0.508. The van der Waals surface area contributed by atoms with Crippen molar-refractivity contribution in [2.24, 2.45) is 4.99 Å². The van der Waals surface area contributed by atoms with Gasteiger partial charge in [-0.15, -0.1) is 0 Å². The first-order valence-corrected chi connectivity index (χ1v) is 10.9. The molecule has 27 heavy (non-hydrogen) atoms. The van der Waals surface area contributed by atoms with Crippen LogP contribution in [0.3, 0.4) is 0 Å². The van der Waals surface area contributed by atoms with Gasteiger partial charge < -0.3 is 4.43 Å². The average molecular weight is 374 g/mol. The van der Waals surface area contributed by atoms with Gasteiger partial charge in [0.1, 0.15) is 5.75 Å². The van der Waals surface area contributed by atoms with Crippen molar-refractivity contribution in [3.63, 3.8) is 0 Å². The number of aliphatic imine (C=N–C) groups is 1. The molecule has 3 nitrogen and oxygen atoms in total. The Bertz CT molecular complexity index is 903. The van der Waals surface area contributed by atoms with Crippen LogP contribution in [0.4, 0.5) is 5.69 Å². The summed E-state index contributed by atoms with van der Waals surface area (Å²) < 4.78 is 6.87. The number of nitrogens with zero attached hydrogens (tertiary/aromatic N) is 1. The van der Waals surface area contributed by atoms with E-state index >= 15 is 0 Å². The van der Waals surface area contributed by atoms with E-state index in [9.17, 15) is 4.79 Å². The molecule has 0 radical (unpaired) electrons. The molecule has 0 heterocycles. The SMILES string of the molecule is CC(C)(C)[Si](Oc1cccc(N=C=O)c1)(c1ccccc1)c1ccccc1. The normalized spacial score (nSPS) is 11.5. The second-order valence-corrected chi connectivity index (χ2v) is 11.7. The molecule has 3 aromatic rings. The van der Waals surface area contributed by atoms with Gasteiger partial charge >= 0.3 is 8.32 Å². The van der Waals surface area contributed by atoms with Crippen LogP contribution in [-0.2, 0) is 4.79 Å². The highest BCUT2D eigenvalue weighted by Gasteiger charge is 2.52. The van der Waals surface area contributed by atoms with Crippen molar-refractivity contribution in [1.82, 2.24) is 0 Å². The highest BCUT2D eigenvalue weighted by Crippen LogP contribution is 2.38. The van der Waals surface area contributed by atoms with Gasteiger partial charge in [0.05, 0.1) is 5.69 Å². The summed E-state index contributed by atoms with van der Waals surface area (Å²) >= 11 is 0. The number of hydrogen-bond donors (Lipinski definition) is 0. The summed E-state index contributed by atoms with van der Waals surface area (Å²) in [5.41, 5.74) is 0.542. The van der Waals surface area contributed by atoms with Gasteiger partial charge in [0.15, 0.2) is 0 Å². The molecule has 3 aromatic carbocycles. The third kappa shape index (κ3) is 3.77. The van der Waals surface area contributed by atoms with Crippen LogP contribution in [0.5, 0.6) is 5.75 Å². The lowest BCUT2D eigenvalue weighted by Gasteiger charge is -2.43. The van der Waals surface area contributed by atoms with E-state index in [4.69, 9.17) is 4.43 Å². The molecule has 0 spiro atoms. The van der Waals surface area contributed by atoms with Gasteiger partial charge in [0, 0.05) is 6.07 Å². The smallest absolute Gasteiger partial charge is 0.319 e. The summed E-state index contributed by atoms with van der Waals surface area (Å²) in [6.07, 6.45) is 1.60. The number of benzene rings is 3. The monoisotopic (exact) mass is 373 g/mol. The predicted molar refractivity (Wildman–Crippen MR) is 112 cm³/mol. The lowest BCUT2D eigenvalue weighted by Crippen LogP contribution is -2.68. The summed E-state index contributed by atoms with van der Waals surface area (Å²) in [5, 5.41) is 2.28. The summed E-state index contributed by atoms with van der Waals surface area (Å²) in [6, 6.07) is 28.2. The van der Waals surface area contributed by atoms with Gasteiger partial charge in [0.25, 0.3) is 0 Å². The highest BCUT2D eigenvalue weighted by molar-refractivity contribution is 7.00. The zero-order valence-electron chi connectivity index (χ0n) is 15.8. The first-order valence-electron chi connectivity index (χ1n) is 8.95. The first kappa shape index (κ1) is 18.8. The van der Waals surface area contributed by atoms with E-state index in [0.717, 1.165) is 0 Å². The Morgan fingerprint density at radius 1 is 0.815 bits per heavy atom. The maximum Gasteiger partial charge on any atom is 0.319 e. The van der Waals surface area contributed by atoms with Crippen LogP contribution in [-0.4, -0.2) is 14.4 Å². The average Bonchev–Trinajstić information content (AvgIpc) is 2.67. The van der Waals surface area contributed by atoms with Crippen molar-refractivity contribution in [3.8, 4) is 5.75 Å². The predicted octanol–water partition coefficient (Wildman–Crippen LogP) is 4.59. The minimum absolute atomic E-state index is 0.125. The highest BCUT2D eigenvalue weighted by atomic mass is 28.4. The van der Waals surface area contributed by atoms with Crippen LogP contribution in [0, 0.1) is 0 Å². The van der Waals surface area contributed by atoms with Gasteiger partial charge in [-0.05, 0) is 27.5 Å². The molecule has 0 saturated carbocycles. The second kappa shape index (κ2) is 7.75. The fourth-order valence-electron chi connectivity index (χ4n) is 3.50. The molecule has 0 aromatic heterocycles. The maximum atomic E-state index is 10.6. The van der Waals surface area contributed by atoms with E-state index in [2.05, 4.69) is 74.3 Å². The quantitative estimate of drug-likeness (QED) is 0.373. The van der Waals surface area contributed by atoms with Crippen LogP contribution in [0.25, 0.3) is 0 Å². The lowest BCUT2D eigenvalue weighted by atomic mass is 10.2. The van der Waals surface area contributed by atoms with Crippen molar-refractivity contribution in [2.75, 3.05) is 0 Å². The van der Waals surface area contributed by atoms with E-state index in [0.29, 0.717) is 11.4 Å². The summed E-state index contributed by atoms with van der Waals surface area (Å²) in [7, 11) is -2.68. The van der Waals surface area contributed by atoms with Crippen LogP contribution >= 0.6 is 0 Å². The molecule has 0 aliphatic heterocycles. The standard InChI is InChI=1S/C23H23NO2Si/c1-23(2,3)27(21-13-6-4-7-14-21,22-15-8-5-9-16-22)26-20-12-10-11-19(17-20)24-18-25/h4-17H,1-3H3. The third-order valence-electron chi connectivity index (χ3n) is 4.68. The Labute approximate surface area is 161 Å². The Morgan fingerprint density at radius 3 is 1.85 bits per heavy atom. The van der Waals surface area contributed by atoms with Crippen LogP contribution in [0.1, 0.15) is 20.8 Å². The molecule has 136 valence electrons. The second-order valence-electron chi connectivity index (χ2n) is 7.47. The number of carbonyl (C=O) groups excluding carboxylic acids is 1. The molecule has 0 atom stereocenters. The van der Waals surface area contributed by atoms with Crippen LogP contribution in [0.15, 0.2) is 89.9 Å². The largest absolute Gasteiger partial charge is 0.534 e. The first-order chi connectivity index (χ1) is 13.0. The fraction of sp³-hybridized carbons (Fsp3) is 0.174. The number of rotatable bonds is 5. The van der Waals surface area contributed by atoms with Crippen molar-refractivity contribution >= 4 is 30.5 Å². The molecule has 0 saturated heterocycles. The molecule has 3 rings (SSSR count). The van der Waals surface area contributed by atoms with Crippen molar-refractivity contribution in [2.45, 2.75) is 25.8 Å². The summed E-state index contributed by atoms with van der Waals surface area (Å²) in [5.74, 6) is 0.709. The maximum absolute atomic E-state index is 10.6. The van der Waals surface area contributed by atoms with E-state index < -0.39 is 8.32 Å². The Kier molecular flexibility index (Phi) is 5.40. The number of hydrogen-bond acceptors (Lipinski definition) is 3. The molecule has 0 aliphatic rings.